The van der Waals surface area contributed by atoms with Crippen LogP contribution in [0, 0.1) is 13.8 Å². The molecule has 0 aliphatic heterocycles. The predicted octanol–water partition coefficient (Wildman–Crippen LogP) is 7.21. The molecule has 0 atom stereocenters. The average molecular weight is 490 g/mol. The Morgan fingerprint density at radius 1 is 0.400 bits per heavy atom. The second-order valence-corrected chi connectivity index (χ2v) is 12.9. The quantitative estimate of drug-likeness (QED) is 0.219. The van der Waals surface area contributed by atoms with Gasteiger partial charge in [0, 0.05) is 26.9 Å². The molecule has 0 aromatic heterocycles. The molecule has 5 aromatic rings. The van der Waals surface area contributed by atoms with Gasteiger partial charge in [0.05, 0.1) is 16.1 Å². The maximum atomic E-state index is 2.75. The van der Waals surface area contributed by atoms with Crippen molar-refractivity contribution in [3.05, 3.63) is 151 Å². The number of benzene rings is 5. The minimum Gasteiger partial charge on any atom is -0.313 e. The highest BCUT2D eigenvalue weighted by Crippen LogP contribution is 2.57. The van der Waals surface area contributed by atoms with Crippen LogP contribution < -0.4 is 25.7 Å². The molecule has 0 spiro atoms. The summed E-state index contributed by atoms with van der Waals surface area (Å²) in [6.07, 6.45) is 0. The van der Waals surface area contributed by atoms with Crippen molar-refractivity contribution in [2.24, 2.45) is 0 Å². The average Bonchev–Trinajstić information content (AvgIpc) is 2.92. The highest BCUT2D eigenvalue weighted by Gasteiger charge is 2.33. The van der Waals surface area contributed by atoms with E-state index in [1.54, 1.807) is 0 Å². The fraction of sp³-hybridized carbons (Fsp3) is 0.0625. The molecule has 0 heterocycles. The molecule has 0 saturated heterocycles. The van der Waals surface area contributed by atoms with Crippen LogP contribution in [0.3, 0.4) is 0 Å². The van der Waals surface area contributed by atoms with Gasteiger partial charge in [0.15, 0.2) is 0 Å². The van der Waals surface area contributed by atoms with Crippen LogP contribution in [0.4, 0.5) is 5.69 Å². The Hall–Kier alpha value is -3.24. The van der Waals surface area contributed by atoms with Gasteiger partial charge in [-0.25, -0.2) is 0 Å². The maximum absolute atomic E-state index is 2.75. The predicted molar refractivity (Wildman–Crippen MR) is 157 cm³/mol. The van der Waals surface area contributed by atoms with Crippen LogP contribution in [0.15, 0.2) is 140 Å². The lowest BCUT2D eigenvalue weighted by Crippen LogP contribution is -2.32. The summed E-state index contributed by atoms with van der Waals surface area (Å²) in [6.45, 7) is 4.49. The molecule has 0 N–H and O–H groups in total. The molecular formula is C32H29NP2. The van der Waals surface area contributed by atoms with Crippen molar-refractivity contribution < 1.29 is 0 Å². The number of aryl methyl sites for hydroxylation is 1. The van der Waals surface area contributed by atoms with Crippen LogP contribution in [0.1, 0.15) is 11.1 Å². The van der Waals surface area contributed by atoms with Crippen LogP contribution >= 0.6 is 16.1 Å². The lowest BCUT2D eigenvalue weighted by molar-refractivity contribution is 1.32. The zero-order valence-corrected chi connectivity index (χ0v) is 21.9. The molecule has 35 heavy (non-hydrogen) atoms. The van der Waals surface area contributed by atoms with Crippen molar-refractivity contribution in [3.8, 4) is 0 Å². The lowest BCUT2D eigenvalue weighted by Gasteiger charge is -2.41. The van der Waals surface area contributed by atoms with Crippen molar-refractivity contribution >= 4 is 43.1 Å². The zero-order valence-electron chi connectivity index (χ0n) is 20.1. The van der Waals surface area contributed by atoms with Gasteiger partial charge in [-0.1, -0.05) is 133 Å². The summed E-state index contributed by atoms with van der Waals surface area (Å²) in [5.74, 6) is 0. The highest BCUT2D eigenvalue weighted by molar-refractivity contribution is 7.90. The van der Waals surface area contributed by atoms with E-state index in [0.717, 1.165) is 0 Å². The van der Waals surface area contributed by atoms with E-state index in [0.29, 0.717) is 0 Å². The fourth-order valence-electron chi connectivity index (χ4n) is 4.27. The molecule has 0 radical (unpaired) electrons. The van der Waals surface area contributed by atoms with E-state index in [-0.39, 0.29) is 0 Å². The van der Waals surface area contributed by atoms with Gasteiger partial charge >= 0.3 is 0 Å². The third-order valence-electron chi connectivity index (χ3n) is 6.17. The first-order valence-electron chi connectivity index (χ1n) is 11.9. The molecule has 0 unspecified atom stereocenters. The van der Waals surface area contributed by atoms with Crippen molar-refractivity contribution in [2.45, 2.75) is 13.8 Å². The molecule has 0 aliphatic rings. The van der Waals surface area contributed by atoms with E-state index in [4.69, 9.17) is 0 Å². The van der Waals surface area contributed by atoms with Crippen LogP contribution in [0.25, 0.3) is 0 Å². The standard InChI is InChI=1S/C32H29NP2/c1-26-16-15-25-32(27(26)2)33(34(28-17-7-3-8-18-28)29-19-9-4-10-20-29)35(30-21-11-5-12-22-30)31-23-13-6-14-24-31/h3-25H,1-2H3. The molecular weight excluding hydrogens is 460 g/mol. The Balaban J connectivity index is 1.84. The number of rotatable bonds is 7. The summed E-state index contributed by atoms with van der Waals surface area (Å²) in [5.41, 5.74) is 3.97. The van der Waals surface area contributed by atoms with Gasteiger partial charge in [-0.05, 0) is 31.0 Å². The van der Waals surface area contributed by atoms with E-state index >= 15 is 0 Å². The second kappa shape index (κ2) is 11.0. The van der Waals surface area contributed by atoms with Crippen LogP contribution in [-0.4, -0.2) is 0 Å². The lowest BCUT2D eigenvalue weighted by atomic mass is 10.1. The van der Waals surface area contributed by atoms with Crippen LogP contribution in [0.2, 0.25) is 0 Å². The van der Waals surface area contributed by atoms with E-state index < -0.39 is 16.1 Å². The molecule has 3 heteroatoms. The van der Waals surface area contributed by atoms with E-state index in [9.17, 15) is 0 Å². The van der Waals surface area contributed by atoms with Crippen molar-refractivity contribution in [1.29, 1.82) is 0 Å². The summed E-state index contributed by atoms with van der Waals surface area (Å²) in [7, 11) is -1.69. The highest BCUT2D eigenvalue weighted by atomic mass is 31.2. The number of anilines is 1. The fourth-order valence-corrected chi connectivity index (χ4v) is 10.4. The van der Waals surface area contributed by atoms with E-state index in [1.807, 2.05) is 0 Å². The van der Waals surface area contributed by atoms with Crippen molar-refractivity contribution in [3.63, 3.8) is 0 Å². The van der Waals surface area contributed by atoms with Gasteiger partial charge in [-0.3, -0.25) is 0 Å². The first-order chi connectivity index (χ1) is 17.2. The summed E-state index contributed by atoms with van der Waals surface area (Å²) >= 11 is 0. The smallest absolute Gasteiger partial charge is 0.0590 e. The summed E-state index contributed by atoms with van der Waals surface area (Å²) in [6, 6.07) is 50.9. The molecule has 0 aliphatic carbocycles. The Morgan fingerprint density at radius 3 is 1.09 bits per heavy atom. The Bertz CT molecular complexity index is 1190. The minimum absolute atomic E-state index is 0.844. The SMILES string of the molecule is Cc1cccc(N(P(c2ccccc2)c2ccccc2)P(c2ccccc2)c2ccccc2)c1C. The molecule has 0 bridgehead atoms. The monoisotopic (exact) mass is 489 g/mol. The first kappa shape index (κ1) is 23.5. The number of nitrogens with zero attached hydrogens (tertiary/aromatic N) is 1. The third kappa shape index (κ3) is 5.08. The molecule has 0 amide bonds. The number of hydrogen-bond donors (Lipinski definition) is 0. The van der Waals surface area contributed by atoms with Crippen LogP contribution in [0.5, 0.6) is 0 Å². The summed E-state index contributed by atoms with van der Waals surface area (Å²) in [5, 5.41) is 5.42. The largest absolute Gasteiger partial charge is 0.313 e. The van der Waals surface area contributed by atoms with Gasteiger partial charge in [0.1, 0.15) is 0 Å². The van der Waals surface area contributed by atoms with E-state index in [1.165, 1.54) is 38.0 Å². The molecule has 1 nitrogen and oxygen atoms in total. The van der Waals surface area contributed by atoms with Gasteiger partial charge in [-0.2, -0.15) is 0 Å². The van der Waals surface area contributed by atoms with Crippen molar-refractivity contribution in [2.75, 3.05) is 4.44 Å². The maximum Gasteiger partial charge on any atom is 0.0590 e. The van der Waals surface area contributed by atoms with Gasteiger partial charge in [0.2, 0.25) is 0 Å². The molecule has 5 aromatic carbocycles. The van der Waals surface area contributed by atoms with Gasteiger partial charge in [0.25, 0.3) is 0 Å². The summed E-state index contributed by atoms with van der Waals surface area (Å²) in [4.78, 5) is 0. The molecule has 5 rings (SSSR count). The Labute approximate surface area is 211 Å². The Kier molecular flexibility index (Phi) is 7.39. The third-order valence-corrected chi connectivity index (χ3v) is 11.6. The van der Waals surface area contributed by atoms with Gasteiger partial charge in [-0.15, -0.1) is 0 Å². The molecule has 0 fully saturated rings. The second-order valence-electron chi connectivity index (χ2n) is 8.47. The zero-order chi connectivity index (χ0) is 24.0. The van der Waals surface area contributed by atoms with Gasteiger partial charge < -0.3 is 4.44 Å². The topological polar surface area (TPSA) is 3.24 Å². The Morgan fingerprint density at radius 2 is 0.743 bits per heavy atom. The normalized spacial score (nSPS) is 11.1. The minimum atomic E-state index is -0.844. The summed E-state index contributed by atoms with van der Waals surface area (Å²) < 4.78 is 2.75. The first-order valence-corrected chi connectivity index (χ1v) is 14.5. The molecule has 172 valence electrons. The number of hydrogen-bond acceptors (Lipinski definition) is 1. The van der Waals surface area contributed by atoms with Crippen molar-refractivity contribution in [1.82, 2.24) is 0 Å². The molecule has 0 saturated carbocycles. The van der Waals surface area contributed by atoms with Crippen LogP contribution in [-0.2, 0) is 0 Å². The van der Waals surface area contributed by atoms with E-state index in [2.05, 4.69) is 158 Å².